The fraction of sp³-hybridized carbons (Fsp3) is 0.514. The quantitative estimate of drug-likeness (QED) is 0.226. The van der Waals surface area contributed by atoms with Crippen LogP contribution in [-0.4, -0.2) is 102 Å². The van der Waals surface area contributed by atoms with Gasteiger partial charge in [-0.2, -0.15) is 15.2 Å². The van der Waals surface area contributed by atoms with E-state index in [1.165, 1.54) is 18.9 Å². The lowest BCUT2D eigenvalue weighted by atomic mass is 10.0. The van der Waals surface area contributed by atoms with Crippen molar-refractivity contribution in [1.29, 1.82) is 5.26 Å². The number of fused-ring (bicyclic) bond motifs is 2. The summed E-state index contributed by atoms with van der Waals surface area (Å²) in [5.74, 6) is 0.435. The third-order valence-corrected chi connectivity index (χ3v) is 9.48. The maximum atomic E-state index is 15.1. The molecule has 0 radical (unpaired) electrons. The molecule has 3 fully saturated rings. The first-order valence-corrected chi connectivity index (χ1v) is 16.8. The molecule has 5 heterocycles. The topological polar surface area (TPSA) is 111 Å². The van der Waals surface area contributed by atoms with Crippen molar-refractivity contribution in [3.8, 4) is 12.1 Å². The first kappa shape index (κ1) is 31.3. The van der Waals surface area contributed by atoms with Crippen molar-refractivity contribution in [2.24, 2.45) is 0 Å². The number of anilines is 2. The Morgan fingerprint density at radius 2 is 1.94 bits per heavy atom. The van der Waals surface area contributed by atoms with Gasteiger partial charge in [0.25, 0.3) is 0 Å². The van der Waals surface area contributed by atoms with Gasteiger partial charge in [0.15, 0.2) is 0 Å². The number of nitrogens with zero attached hydrogens (tertiary/aromatic N) is 8. The van der Waals surface area contributed by atoms with Gasteiger partial charge in [0, 0.05) is 61.3 Å². The number of pyridine rings is 1. The van der Waals surface area contributed by atoms with Crippen LogP contribution in [0.3, 0.4) is 0 Å². The van der Waals surface area contributed by atoms with Crippen LogP contribution in [0, 0.1) is 17.1 Å². The minimum absolute atomic E-state index is 0.0555. The van der Waals surface area contributed by atoms with Crippen molar-refractivity contribution in [3.63, 3.8) is 0 Å². The van der Waals surface area contributed by atoms with E-state index in [1.54, 1.807) is 24.5 Å². The first-order chi connectivity index (χ1) is 23.1. The van der Waals surface area contributed by atoms with Gasteiger partial charge in [-0.05, 0) is 51.3 Å². The third kappa shape index (κ3) is 7.16. The van der Waals surface area contributed by atoms with Crippen LogP contribution in [0.2, 0.25) is 0 Å². The summed E-state index contributed by atoms with van der Waals surface area (Å²) < 4.78 is 26.9. The van der Waals surface area contributed by atoms with Gasteiger partial charge in [0.1, 0.15) is 18.2 Å². The number of nitriles is 1. The molecule has 1 amide bonds. The zero-order valence-electron chi connectivity index (χ0n) is 26.7. The van der Waals surface area contributed by atoms with Crippen molar-refractivity contribution in [3.05, 3.63) is 59.8 Å². The summed E-state index contributed by atoms with van der Waals surface area (Å²) in [7, 11) is 0. The van der Waals surface area contributed by atoms with Gasteiger partial charge in [-0.25, -0.2) is 4.39 Å². The van der Waals surface area contributed by atoms with E-state index in [9.17, 15) is 10.1 Å². The number of benzene rings is 1. The predicted molar refractivity (Wildman–Crippen MR) is 176 cm³/mol. The Balaban J connectivity index is 1.13. The summed E-state index contributed by atoms with van der Waals surface area (Å²) in [5, 5.41) is 11.0. The Kier molecular flexibility index (Phi) is 9.44. The number of aromatic nitrogens is 3. The van der Waals surface area contributed by atoms with E-state index in [4.69, 9.17) is 19.4 Å². The van der Waals surface area contributed by atoms with E-state index < -0.39 is 0 Å². The highest BCUT2D eigenvalue weighted by Crippen LogP contribution is 2.35. The van der Waals surface area contributed by atoms with Crippen LogP contribution in [0.5, 0.6) is 6.01 Å². The van der Waals surface area contributed by atoms with E-state index in [1.807, 2.05) is 17.0 Å². The number of rotatable bonds is 11. The number of amides is 1. The van der Waals surface area contributed by atoms with E-state index in [0.29, 0.717) is 63.8 Å². The molecule has 1 saturated carbocycles. The normalized spacial score (nSPS) is 20.2. The van der Waals surface area contributed by atoms with Crippen LogP contribution in [0.15, 0.2) is 42.7 Å². The molecule has 0 spiro atoms. The van der Waals surface area contributed by atoms with Crippen LogP contribution >= 0.6 is 0 Å². The minimum atomic E-state index is -0.282. The standard InChI is InChI=1S/C35H41FN8O3/c36-29-6-3-5-25-21-38-22-31(33(25)29)42-16-11-28-30(24-42)39-35(47-20-19-46-27-8-9-27)40-34(28)43-17-18-44(26(23-43)10-12-37)32(45)7-4-15-41-13-1-2-14-41/h3-7,21-22,26-27H,1-2,8-11,13-20,23-24H2/b7-4+/t26-/m0/s1. The summed E-state index contributed by atoms with van der Waals surface area (Å²) in [4.78, 5) is 35.9. The average Bonchev–Trinajstić information content (AvgIpc) is 3.77. The molecule has 0 bridgehead atoms. The summed E-state index contributed by atoms with van der Waals surface area (Å²) in [6, 6.07) is 7.33. The van der Waals surface area contributed by atoms with Gasteiger partial charge < -0.3 is 24.2 Å². The van der Waals surface area contributed by atoms with Gasteiger partial charge in [-0.3, -0.25) is 14.7 Å². The molecule has 246 valence electrons. The molecule has 11 nitrogen and oxygen atoms in total. The lowest BCUT2D eigenvalue weighted by molar-refractivity contribution is -0.128. The lowest BCUT2D eigenvalue weighted by Crippen LogP contribution is -2.55. The highest BCUT2D eigenvalue weighted by Gasteiger charge is 2.34. The van der Waals surface area contributed by atoms with E-state index >= 15 is 4.39 Å². The molecule has 0 N–H and O–H groups in total. The fourth-order valence-electron chi connectivity index (χ4n) is 6.90. The van der Waals surface area contributed by atoms with Gasteiger partial charge in [0.2, 0.25) is 5.91 Å². The van der Waals surface area contributed by atoms with Crippen LogP contribution in [-0.2, 0) is 22.5 Å². The maximum absolute atomic E-state index is 15.1. The molecule has 2 aromatic heterocycles. The molecular formula is C35H41FN8O3. The number of halogens is 1. The van der Waals surface area contributed by atoms with Gasteiger partial charge in [-0.15, -0.1) is 0 Å². The van der Waals surface area contributed by atoms with Crippen molar-refractivity contribution in [2.75, 3.05) is 68.8 Å². The van der Waals surface area contributed by atoms with E-state index in [2.05, 4.69) is 25.8 Å². The van der Waals surface area contributed by atoms with Gasteiger partial charge >= 0.3 is 6.01 Å². The third-order valence-electron chi connectivity index (χ3n) is 9.48. The molecule has 7 rings (SSSR count). The summed E-state index contributed by atoms with van der Waals surface area (Å²) in [6.07, 6.45) is 12.8. The molecule has 2 saturated heterocycles. The largest absolute Gasteiger partial charge is 0.461 e. The fourth-order valence-corrected chi connectivity index (χ4v) is 6.90. The Morgan fingerprint density at radius 1 is 1.06 bits per heavy atom. The predicted octanol–water partition coefficient (Wildman–Crippen LogP) is 3.87. The highest BCUT2D eigenvalue weighted by molar-refractivity contribution is 5.94. The minimum Gasteiger partial charge on any atom is -0.461 e. The average molecular weight is 641 g/mol. The summed E-state index contributed by atoms with van der Waals surface area (Å²) in [5.41, 5.74) is 2.55. The molecule has 1 aliphatic carbocycles. The van der Waals surface area contributed by atoms with Crippen molar-refractivity contribution >= 4 is 28.2 Å². The lowest BCUT2D eigenvalue weighted by Gasteiger charge is -2.42. The second-order valence-electron chi connectivity index (χ2n) is 12.7. The first-order valence-electron chi connectivity index (χ1n) is 16.8. The number of carbonyl (C=O) groups is 1. The van der Waals surface area contributed by atoms with E-state index in [0.717, 1.165) is 60.6 Å². The highest BCUT2D eigenvalue weighted by atomic mass is 19.1. The second-order valence-corrected chi connectivity index (χ2v) is 12.7. The van der Waals surface area contributed by atoms with Crippen LogP contribution in [0.1, 0.15) is 43.4 Å². The molecule has 1 aromatic carbocycles. The van der Waals surface area contributed by atoms with Crippen molar-refractivity contribution in [1.82, 2.24) is 24.8 Å². The maximum Gasteiger partial charge on any atom is 0.318 e. The molecule has 4 aliphatic rings. The Morgan fingerprint density at radius 3 is 2.77 bits per heavy atom. The van der Waals surface area contributed by atoms with Crippen LogP contribution in [0.25, 0.3) is 10.8 Å². The Labute approximate surface area is 274 Å². The number of ether oxygens (including phenoxy) is 2. The number of likely N-dealkylation sites (tertiary alicyclic amines) is 1. The summed E-state index contributed by atoms with van der Waals surface area (Å²) >= 11 is 0. The molecule has 3 aliphatic heterocycles. The molecule has 0 unspecified atom stereocenters. The number of carbonyl (C=O) groups excluding carboxylic acids is 1. The Hall–Kier alpha value is -4.34. The zero-order chi connectivity index (χ0) is 32.2. The van der Waals surface area contributed by atoms with Crippen molar-refractivity contribution < 1.29 is 18.7 Å². The molecule has 1 atom stereocenters. The molecule has 47 heavy (non-hydrogen) atoms. The van der Waals surface area contributed by atoms with Crippen LogP contribution in [0.4, 0.5) is 15.9 Å². The molecular weight excluding hydrogens is 599 g/mol. The Bertz CT molecular complexity index is 1660. The molecule has 12 heteroatoms. The van der Waals surface area contributed by atoms with Gasteiger partial charge in [0.05, 0.1) is 55.4 Å². The number of hydrogen-bond acceptors (Lipinski definition) is 10. The van der Waals surface area contributed by atoms with Crippen LogP contribution < -0.4 is 14.5 Å². The zero-order valence-corrected chi connectivity index (χ0v) is 26.7. The van der Waals surface area contributed by atoms with Crippen molar-refractivity contribution in [2.45, 2.75) is 57.2 Å². The summed E-state index contributed by atoms with van der Waals surface area (Å²) in [6.45, 7) is 6.33. The SMILES string of the molecule is N#CC[C@H]1CN(c2nc(OCCOC3CC3)nc3c2CCN(c2cncc4cccc(F)c24)C3)CCN1C(=O)/C=C/CN1CCCC1. The monoisotopic (exact) mass is 640 g/mol. The smallest absolute Gasteiger partial charge is 0.318 e. The number of hydrogen-bond donors (Lipinski definition) is 0. The van der Waals surface area contributed by atoms with E-state index in [-0.39, 0.29) is 30.2 Å². The molecule has 3 aromatic rings. The number of piperazine rings is 1. The van der Waals surface area contributed by atoms with Gasteiger partial charge in [-0.1, -0.05) is 18.2 Å². The second kappa shape index (κ2) is 14.2.